The summed E-state index contributed by atoms with van der Waals surface area (Å²) < 4.78 is 1.64. The molecule has 130 valence electrons. The van der Waals surface area contributed by atoms with E-state index in [1.165, 1.54) is 24.2 Å². The molecule has 7 nitrogen and oxygen atoms in total. The summed E-state index contributed by atoms with van der Waals surface area (Å²) in [6, 6.07) is 9.90. The van der Waals surface area contributed by atoms with Gasteiger partial charge < -0.3 is 0 Å². The van der Waals surface area contributed by atoms with Crippen LogP contribution < -0.4 is 5.32 Å². The van der Waals surface area contributed by atoms with E-state index in [1.54, 1.807) is 10.9 Å². The van der Waals surface area contributed by atoms with Crippen molar-refractivity contribution < 1.29 is 4.79 Å². The van der Waals surface area contributed by atoms with E-state index in [2.05, 4.69) is 32.7 Å². The zero-order valence-electron chi connectivity index (χ0n) is 14.1. The molecule has 2 aromatic heterocycles. The van der Waals surface area contributed by atoms with Gasteiger partial charge in [0.25, 0.3) is 5.91 Å². The molecule has 25 heavy (non-hydrogen) atoms. The van der Waals surface area contributed by atoms with Crippen LogP contribution in [0.25, 0.3) is 0 Å². The fraction of sp³-hybridized carbons (Fsp3) is 0.353. The quantitative estimate of drug-likeness (QED) is 0.627. The molecule has 0 bridgehead atoms. The van der Waals surface area contributed by atoms with Crippen molar-refractivity contribution in [1.29, 1.82) is 0 Å². The van der Waals surface area contributed by atoms with Crippen LogP contribution in [0.1, 0.15) is 47.2 Å². The van der Waals surface area contributed by atoms with Crippen LogP contribution in [0.2, 0.25) is 0 Å². The highest BCUT2D eigenvalue weighted by atomic mass is 32.1. The average molecular weight is 356 g/mol. The lowest BCUT2D eigenvalue weighted by molar-refractivity contribution is 0.102. The molecule has 1 amide bonds. The fourth-order valence-electron chi connectivity index (χ4n) is 2.34. The Balaban J connectivity index is 1.56. The van der Waals surface area contributed by atoms with Crippen molar-refractivity contribution >= 4 is 22.4 Å². The van der Waals surface area contributed by atoms with Crippen LogP contribution >= 0.6 is 11.3 Å². The highest BCUT2D eigenvalue weighted by Gasteiger charge is 2.14. The number of rotatable bonds is 8. The minimum absolute atomic E-state index is 0.263. The molecule has 8 heteroatoms. The Bertz CT molecular complexity index is 813. The summed E-state index contributed by atoms with van der Waals surface area (Å²) in [5.41, 5.74) is 1.36. The highest BCUT2D eigenvalue weighted by Crippen LogP contribution is 2.18. The summed E-state index contributed by atoms with van der Waals surface area (Å²) in [5, 5.41) is 20.2. The smallest absolute Gasteiger partial charge is 0.279 e. The Morgan fingerprint density at radius 3 is 2.80 bits per heavy atom. The van der Waals surface area contributed by atoms with Gasteiger partial charge in [-0.05, 0) is 12.0 Å². The summed E-state index contributed by atoms with van der Waals surface area (Å²) in [6.07, 6.45) is 5.96. The Hall–Kier alpha value is -2.61. The first-order valence-corrected chi connectivity index (χ1v) is 9.14. The summed E-state index contributed by atoms with van der Waals surface area (Å²) in [4.78, 5) is 12.3. The summed E-state index contributed by atoms with van der Waals surface area (Å²) in [6.45, 7) is 2.73. The molecule has 0 atom stereocenters. The van der Waals surface area contributed by atoms with Gasteiger partial charge in [-0.15, -0.1) is 15.3 Å². The monoisotopic (exact) mass is 356 g/mol. The maximum absolute atomic E-state index is 12.3. The minimum atomic E-state index is -0.324. The third-order valence-corrected chi connectivity index (χ3v) is 4.54. The van der Waals surface area contributed by atoms with Crippen LogP contribution in [0, 0.1) is 0 Å². The van der Waals surface area contributed by atoms with Gasteiger partial charge in [0.05, 0.1) is 12.7 Å². The molecule has 0 aliphatic rings. The number of hydrogen-bond acceptors (Lipinski definition) is 6. The van der Waals surface area contributed by atoms with Crippen LogP contribution in [0.3, 0.4) is 0 Å². The van der Waals surface area contributed by atoms with Crippen molar-refractivity contribution in [3.63, 3.8) is 0 Å². The van der Waals surface area contributed by atoms with E-state index in [-0.39, 0.29) is 11.6 Å². The Morgan fingerprint density at radius 1 is 1.16 bits per heavy atom. The van der Waals surface area contributed by atoms with E-state index in [0.717, 1.165) is 23.4 Å². The minimum Gasteiger partial charge on any atom is -0.295 e. The van der Waals surface area contributed by atoms with E-state index in [1.807, 2.05) is 30.3 Å². The summed E-state index contributed by atoms with van der Waals surface area (Å²) in [5.74, 6) is -0.324. The van der Waals surface area contributed by atoms with Crippen molar-refractivity contribution in [3.8, 4) is 0 Å². The Kier molecular flexibility index (Phi) is 5.84. The van der Waals surface area contributed by atoms with Gasteiger partial charge in [0.1, 0.15) is 5.01 Å². The lowest BCUT2D eigenvalue weighted by Crippen LogP contribution is -2.12. The Morgan fingerprint density at radius 2 is 2.00 bits per heavy atom. The van der Waals surface area contributed by atoms with E-state index >= 15 is 0 Å². The maximum atomic E-state index is 12.3. The van der Waals surface area contributed by atoms with Crippen LogP contribution in [-0.4, -0.2) is 31.1 Å². The van der Waals surface area contributed by atoms with Gasteiger partial charge in [0.2, 0.25) is 5.13 Å². The fourth-order valence-corrected chi connectivity index (χ4v) is 3.12. The van der Waals surface area contributed by atoms with Gasteiger partial charge in [0, 0.05) is 6.42 Å². The van der Waals surface area contributed by atoms with Gasteiger partial charge in [-0.1, -0.05) is 66.6 Å². The van der Waals surface area contributed by atoms with Gasteiger partial charge >= 0.3 is 0 Å². The second kappa shape index (κ2) is 8.48. The third-order valence-electron chi connectivity index (χ3n) is 3.64. The molecule has 0 spiro atoms. The molecule has 1 aromatic carbocycles. The van der Waals surface area contributed by atoms with Gasteiger partial charge in [0.15, 0.2) is 5.69 Å². The number of aryl methyl sites for hydroxylation is 1. The molecule has 0 saturated heterocycles. The first kappa shape index (κ1) is 17.2. The molecule has 0 fully saturated rings. The number of nitrogens with one attached hydrogen (secondary N) is 1. The molecule has 0 aliphatic heterocycles. The van der Waals surface area contributed by atoms with Crippen LogP contribution in [0.5, 0.6) is 0 Å². The average Bonchev–Trinajstić information content (AvgIpc) is 3.26. The predicted octanol–water partition coefficient (Wildman–Crippen LogP) is 3.16. The van der Waals surface area contributed by atoms with Gasteiger partial charge in [-0.25, -0.2) is 4.68 Å². The molecule has 1 N–H and O–H groups in total. The maximum Gasteiger partial charge on any atom is 0.279 e. The van der Waals surface area contributed by atoms with E-state index in [0.29, 0.717) is 11.7 Å². The van der Waals surface area contributed by atoms with Crippen molar-refractivity contribution in [1.82, 2.24) is 25.2 Å². The molecular formula is C17H20N6OS. The van der Waals surface area contributed by atoms with Crippen LogP contribution in [-0.2, 0) is 13.0 Å². The van der Waals surface area contributed by atoms with Crippen molar-refractivity contribution in [2.45, 2.75) is 39.2 Å². The number of carbonyl (C=O) groups is 1. The number of unbranched alkanes of at least 4 members (excludes halogenated alkanes) is 2. The number of anilines is 1. The van der Waals surface area contributed by atoms with Crippen molar-refractivity contribution in [3.05, 3.63) is 52.8 Å². The highest BCUT2D eigenvalue weighted by molar-refractivity contribution is 7.15. The van der Waals surface area contributed by atoms with Crippen molar-refractivity contribution in [2.75, 3.05) is 5.32 Å². The molecule has 0 saturated carbocycles. The van der Waals surface area contributed by atoms with E-state index in [4.69, 9.17) is 0 Å². The number of carbonyl (C=O) groups excluding carboxylic acids is 1. The second-order valence-electron chi connectivity index (χ2n) is 5.70. The molecule has 2 heterocycles. The second-order valence-corrected chi connectivity index (χ2v) is 6.76. The lowest BCUT2D eigenvalue weighted by Gasteiger charge is -1.99. The molecule has 3 rings (SSSR count). The van der Waals surface area contributed by atoms with Crippen LogP contribution in [0.4, 0.5) is 5.13 Å². The standard InChI is InChI=1S/C17H20N6OS/c1-2-3-5-10-15-20-21-17(25-15)18-16(24)14-12-23(22-19-14)11-13-8-6-4-7-9-13/h4,6-9,12H,2-3,5,10-11H2,1H3,(H,18,21,24). The lowest BCUT2D eigenvalue weighted by atomic mass is 10.2. The van der Waals surface area contributed by atoms with Gasteiger partial charge in [-0.2, -0.15) is 0 Å². The predicted molar refractivity (Wildman–Crippen MR) is 96.7 cm³/mol. The molecule has 0 unspecified atom stereocenters. The third kappa shape index (κ3) is 4.93. The summed E-state index contributed by atoms with van der Waals surface area (Å²) in [7, 11) is 0. The number of amides is 1. The van der Waals surface area contributed by atoms with Crippen molar-refractivity contribution in [2.24, 2.45) is 0 Å². The zero-order valence-corrected chi connectivity index (χ0v) is 14.9. The summed E-state index contributed by atoms with van der Waals surface area (Å²) >= 11 is 1.41. The number of aromatic nitrogens is 5. The number of nitrogens with zero attached hydrogens (tertiary/aromatic N) is 5. The number of hydrogen-bond donors (Lipinski definition) is 1. The Labute approximate surface area is 150 Å². The topological polar surface area (TPSA) is 85.6 Å². The normalized spacial score (nSPS) is 10.8. The van der Waals surface area contributed by atoms with Gasteiger partial charge in [-0.3, -0.25) is 10.1 Å². The molecule has 3 aromatic rings. The largest absolute Gasteiger partial charge is 0.295 e. The molecule has 0 aliphatic carbocycles. The number of benzene rings is 1. The SMILES string of the molecule is CCCCCc1nnc(NC(=O)c2cn(Cc3ccccc3)nn2)s1. The first-order chi connectivity index (χ1) is 12.2. The molecular weight excluding hydrogens is 336 g/mol. The van der Waals surface area contributed by atoms with Crippen LogP contribution in [0.15, 0.2) is 36.5 Å². The first-order valence-electron chi connectivity index (χ1n) is 8.32. The van der Waals surface area contributed by atoms with E-state index < -0.39 is 0 Å². The molecule has 0 radical (unpaired) electrons. The van der Waals surface area contributed by atoms with E-state index in [9.17, 15) is 4.79 Å². The zero-order chi connectivity index (χ0) is 17.5.